The van der Waals surface area contributed by atoms with Crippen molar-refractivity contribution in [2.75, 3.05) is 24.2 Å². The summed E-state index contributed by atoms with van der Waals surface area (Å²) in [4.78, 5) is 17.3. The zero-order valence-corrected chi connectivity index (χ0v) is 10.8. The minimum absolute atomic E-state index is 0.0946. The van der Waals surface area contributed by atoms with Gasteiger partial charge in [-0.3, -0.25) is 4.79 Å². The maximum absolute atomic E-state index is 11.6. The highest BCUT2D eigenvalue weighted by molar-refractivity contribution is 5.82. The average molecular weight is 247 g/mol. The van der Waals surface area contributed by atoms with Crippen LogP contribution in [0.1, 0.15) is 19.4 Å². The Kier molecular flexibility index (Phi) is 4.49. The number of hydrogen-bond acceptors (Lipinski definition) is 5. The lowest BCUT2D eigenvalue weighted by Crippen LogP contribution is -2.39. The van der Waals surface area contributed by atoms with E-state index in [0.29, 0.717) is 17.1 Å². The number of pyridine rings is 1. The lowest BCUT2D eigenvalue weighted by Gasteiger charge is -2.20. The van der Waals surface area contributed by atoms with Gasteiger partial charge in [0, 0.05) is 19.3 Å². The van der Waals surface area contributed by atoms with E-state index in [1.807, 2.05) is 19.9 Å². The van der Waals surface area contributed by atoms with Gasteiger partial charge in [0.2, 0.25) is 5.91 Å². The SMILES string of the molecule is CC(C)NC(=O)CN(C)c1ncc(C#N)cc1N. The molecule has 6 heteroatoms. The normalized spacial score (nSPS) is 9.94. The molecule has 0 saturated carbocycles. The molecule has 1 aromatic heterocycles. The minimum atomic E-state index is -0.0990. The van der Waals surface area contributed by atoms with E-state index in [1.165, 1.54) is 6.20 Å². The number of hydrogen-bond donors (Lipinski definition) is 2. The van der Waals surface area contributed by atoms with Crippen LogP contribution in [0.3, 0.4) is 0 Å². The summed E-state index contributed by atoms with van der Waals surface area (Å²) in [7, 11) is 1.73. The van der Waals surface area contributed by atoms with E-state index in [4.69, 9.17) is 11.0 Å². The second-order valence-corrected chi connectivity index (χ2v) is 4.33. The van der Waals surface area contributed by atoms with Crippen LogP contribution in [0.2, 0.25) is 0 Å². The molecule has 0 spiro atoms. The number of nitrogen functional groups attached to an aromatic ring is 1. The summed E-state index contributed by atoms with van der Waals surface area (Å²) in [6, 6.07) is 3.60. The molecule has 0 unspecified atom stereocenters. The molecule has 0 fully saturated rings. The lowest BCUT2D eigenvalue weighted by molar-refractivity contribution is -0.120. The third-order valence-electron chi connectivity index (χ3n) is 2.22. The Bertz CT molecular complexity index is 478. The number of nitriles is 1. The number of rotatable bonds is 4. The first kappa shape index (κ1) is 13.8. The van der Waals surface area contributed by atoms with Crippen LogP contribution in [-0.2, 0) is 4.79 Å². The van der Waals surface area contributed by atoms with Crippen molar-refractivity contribution < 1.29 is 4.79 Å². The van der Waals surface area contributed by atoms with Gasteiger partial charge in [-0.05, 0) is 19.9 Å². The number of aromatic nitrogens is 1. The summed E-state index contributed by atoms with van der Waals surface area (Å²) in [5.41, 5.74) is 6.57. The third kappa shape index (κ3) is 3.63. The Hall–Kier alpha value is -2.29. The molecular weight excluding hydrogens is 230 g/mol. The summed E-state index contributed by atoms with van der Waals surface area (Å²) in [5.74, 6) is 0.394. The van der Waals surface area contributed by atoms with Crippen molar-refractivity contribution in [2.45, 2.75) is 19.9 Å². The minimum Gasteiger partial charge on any atom is -0.396 e. The van der Waals surface area contributed by atoms with Gasteiger partial charge in [-0.1, -0.05) is 0 Å². The molecule has 1 rings (SSSR count). The Labute approximate surface area is 106 Å². The number of nitrogens with two attached hydrogens (primary N) is 1. The average Bonchev–Trinajstić information content (AvgIpc) is 2.27. The van der Waals surface area contributed by atoms with Crippen molar-refractivity contribution in [2.24, 2.45) is 0 Å². The first-order valence-electron chi connectivity index (χ1n) is 5.60. The summed E-state index contributed by atoms with van der Waals surface area (Å²) in [5, 5.41) is 11.5. The van der Waals surface area contributed by atoms with Crippen molar-refractivity contribution in [3.63, 3.8) is 0 Å². The molecule has 6 nitrogen and oxygen atoms in total. The van der Waals surface area contributed by atoms with Gasteiger partial charge in [-0.2, -0.15) is 5.26 Å². The number of nitrogens with one attached hydrogen (secondary N) is 1. The van der Waals surface area contributed by atoms with Crippen LogP contribution in [-0.4, -0.2) is 30.5 Å². The van der Waals surface area contributed by atoms with E-state index in [9.17, 15) is 4.79 Å². The molecule has 1 heterocycles. The molecule has 0 bridgehead atoms. The molecule has 3 N–H and O–H groups in total. The highest BCUT2D eigenvalue weighted by atomic mass is 16.2. The fourth-order valence-electron chi connectivity index (χ4n) is 1.51. The predicted octanol–water partition coefficient (Wildman–Crippen LogP) is 0.496. The molecule has 0 atom stereocenters. The van der Waals surface area contributed by atoms with E-state index in [1.54, 1.807) is 18.0 Å². The van der Waals surface area contributed by atoms with E-state index >= 15 is 0 Å². The first-order chi connectivity index (χ1) is 8.43. The molecule has 0 radical (unpaired) electrons. The van der Waals surface area contributed by atoms with E-state index in [0.717, 1.165) is 0 Å². The molecule has 0 aliphatic carbocycles. The molecule has 0 aliphatic heterocycles. The van der Waals surface area contributed by atoms with Crippen molar-refractivity contribution in [1.29, 1.82) is 5.26 Å². The van der Waals surface area contributed by atoms with Gasteiger partial charge in [-0.25, -0.2) is 4.98 Å². The lowest BCUT2D eigenvalue weighted by atomic mass is 10.2. The maximum Gasteiger partial charge on any atom is 0.239 e. The summed E-state index contributed by atoms with van der Waals surface area (Å²) >= 11 is 0. The van der Waals surface area contributed by atoms with E-state index in [-0.39, 0.29) is 18.5 Å². The van der Waals surface area contributed by atoms with Crippen LogP contribution < -0.4 is 16.0 Å². The highest BCUT2D eigenvalue weighted by Gasteiger charge is 2.12. The fraction of sp³-hybridized carbons (Fsp3) is 0.417. The summed E-state index contributed by atoms with van der Waals surface area (Å²) in [6.45, 7) is 3.96. The van der Waals surface area contributed by atoms with Gasteiger partial charge in [0.25, 0.3) is 0 Å². The molecule has 96 valence electrons. The van der Waals surface area contributed by atoms with Crippen LogP contribution in [0.15, 0.2) is 12.3 Å². The highest BCUT2D eigenvalue weighted by Crippen LogP contribution is 2.19. The Balaban J connectivity index is 2.76. The monoisotopic (exact) mass is 247 g/mol. The number of nitrogens with zero attached hydrogens (tertiary/aromatic N) is 3. The molecule has 0 aliphatic rings. The van der Waals surface area contributed by atoms with Crippen molar-refractivity contribution in [3.8, 4) is 6.07 Å². The van der Waals surface area contributed by atoms with Crippen LogP contribution in [0.4, 0.5) is 11.5 Å². The number of carbonyl (C=O) groups is 1. The van der Waals surface area contributed by atoms with Gasteiger partial charge in [0.15, 0.2) is 5.82 Å². The van der Waals surface area contributed by atoms with Crippen LogP contribution in [0.25, 0.3) is 0 Å². The number of amides is 1. The molecule has 18 heavy (non-hydrogen) atoms. The second-order valence-electron chi connectivity index (χ2n) is 4.33. The predicted molar refractivity (Wildman–Crippen MR) is 69.9 cm³/mol. The van der Waals surface area contributed by atoms with Gasteiger partial charge < -0.3 is 16.0 Å². The third-order valence-corrected chi connectivity index (χ3v) is 2.22. The standard InChI is InChI=1S/C12H17N5O/c1-8(2)16-11(18)7-17(3)12-10(14)4-9(5-13)6-15-12/h4,6,8H,7,14H2,1-3H3,(H,16,18). The van der Waals surface area contributed by atoms with Gasteiger partial charge >= 0.3 is 0 Å². The van der Waals surface area contributed by atoms with Crippen LogP contribution in [0.5, 0.6) is 0 Å². The van der Waals surface area contributed by atoms with E-state index < -0.39 is 0 Å². The maximum atomic E-state index is 11.6. The Morgan fingerprint density at radius 1 is 1.67 bits per heavy atom. The zero-order valence-electron chi connectivity index (χ0n) is 10.8. The van der Waals surface area contributed by atoms with Gasteiger partial charge in [0.1, 0.15) is 6.07 Å². The molecule has 0 aromatic carbocycles. The van der Waals surface area contributed by atoms with E-state index in [2.05, 4.69) is 10.3 Å². The molecule has 1 amide bonds. The number of likely N-dealkylation sites (N-methyl/N-ethyl adjacent to an activating group) is 1. The molecule has 0 saturated heterocycles. The topological polar surface area (TPSA) is 95.0 Å². The fourth-order valence-corrected chi connectivity index (χ4v) is 1.51. The largest absolute Gasteiger partial charge is 0.396 e. The smallest absolute Gasteiger partial charge is 0.239 e. The molecule has 1 aromatic rings. The Morgan fingerprint density at radius 3 is 2.83 bits per heavy atom. The zero-order chi connectivity index (χ0) is 13.7. The van der Waals surface area contributed by atoms with Crippen LogP contribution in [0, 0.1) is 11.3 Å². The van der Waals surface area contributed by atoms with Crippen molar-refractivity contribution in [1.82, 2.24) is 10.3 Å². The van der Waals surface area contributed by atoms with Crippen molar-refractivity contribution in [3.05, 3.63) is 17.8 Å². The Morgan fingerprint density at radius 2 is 2.33 bits per heavy atom. The number of carbonyl (C=O) groups excluding carboxylic acids is 1. The number of anilines is 2. The van der Waals surface area contributed by atoms with Gasteiger partial charge in [-0.15, -0.1) is 0 Å². The molecular formula is C12H17N5O. The quantitative estimate of drug-likeness (QED) is 0.807. The van der Waals surface area contributed by atoms with Crippen molar-refractivity contribution >= 4 is 17.4 Å². The van der Waals surface area contributed by atoms with Gasteiger partial charge in [0.05, 0.1) is 17.8 Å². The summed E-state index contributed by atoms with van der Waals surface area (Å²) < 4.78 is 0. The summed E-state index contributed by atoms with van der Waals surface area (Å²) in [6.07, 6.45) is 1.43. The first-order valence-corrected chi connectivity index (χ1v) is 5.60. The van der Waals surface area contributed by atoms with Crippen LogP contribution >= 0.6 is 0 Å². The second kappa shape index (κ2) is 5.87.